The van der Waals surface area contributed by atoms with Crippen molar-refractivity contribution in [3.8, 4) is 0 Å². The Labute approximate surface area is 315 Å². The Hall–Kier alpha value is -7.08. The SMILES string of the molecule is OC(c1ccc(N2c3ccccc3N(c3ccccc3)c3ccccc32)cc1)c1ccc(N2c3ccccc3N(c3ccccc3)c3ccccc32)cc1. The maximum atomic E-state index is 11.7. The first-order valence-electron chi connectivity index (χ1n) is 18.3. The van der Waals surface area contributed by atoms with E-state index in [1.165, 1.54) is 0 Å². The fourth-order valence-electron chi connectivity index (χ4n) is 7.96. The average molecular weight is 697 g/mol. The van der Waals surface area contributed by atoms with Crippen LogP contribution in [-0.2, 0) is 0 Å². The number of nitrogens with zero attached hydrogens (tertiary/aromatic N) is 4. The molecular weight excluding hydrogens is 661 g/mol. The molecule has 0 aliphatic carbocycles. The number of fused-ring (bicyclic) bond motifs is 4. The van der Waals surface area contributed by atoms with Gasteiger partial charge in [-0.2, -0.15) is 0 Å². The first kappa shape index (κ1) is 31.6. The summed E-state index contributed by atoms with van der Waals surface area (Å²) in [5.74, 6) is 0. The van der Waals surface area contributed by atoms with Crippen molar-refractivity contribution in [3.05, 3.63) is 217 Å². The predicted octanol–water partition coefficient (Wildman–Crippen LogP) is 13.3. The summed E-state index contributed by atoms with van der Waals surface area (Å²) in [7, 11) is 0. The summed E-state index contributed by atoms with van der Waals surface area (Å²) in [5.41, 5.74) is 14.8. The van der Waals surface area contributed by atoms with Crippen LogP contribution in [0, 0.1) is 0 Å². The van der Waals surface area contributed by atoms with E-state index in [1.807, 2.05) is 36.4 Å². The molecule has 0 fully saturated rings. The van der Waals surface area contributed by atoms with E-state index in [-0.39, 0.29) is 0 Å². The highest BCUT2D eigenvalue weighted by Crippen LogP contribution is 2.55. The van der Waals surface area contributed by atoms with Gasteiger partial charge in [0, 0.05) is 22.7 Å². The Morgan fingerprint density at radius 3 is 0.685 bits per heavy atom. The maximum Gasteiger partial charge on any atom is 0.104 e. The standard InChI is InChI=1S/C49H36N4O/c54-49(35-27-31-39(32-28-35)52-45-23-11-7-19-41(45)50(37-15-3-1-4-16-37)42-20-8-12-24-46(42)52)36-29-33-40(34-30-36)53-47-25-13-9-21-43(47)51(38-17-5-2-6-18-38)44-22-10-14-26-48(44)53/h1-34,49,54H. The summed E-state index contributed by atoms with van der Waals surface area (Å²) in [5, 5.41) is 11.7. The van der Waals surface area contributed by atoms with Gasteiger partial charge in [-0.1, -0.05) is 109 Å². The van der Waals surface area contributed by atoms with E-state index >= 15 is 0 Å². The van der Waals surface area contributed by atoms with Crippen LogP contribution >= 0.6 is 0 Å². The molecule has 5 heteroatoms. The van der Waals surface area contributed by atoms with Gasteiger partial charge in [0.15, 0.2) is 0 Å². The van der Waals surface area contributed by atoms with Crippen molar-refractivity contribution in [2.45, 2.75) is 6.10 Å². The Bertz CT molecular complexity index is 2310. The second kappa shape index (κ2) is 13.2. The van der Waals surface area contributed by atoms with Crippen molar-refractivity contribution in [2.75, 3.05) is 19.6 Å². The van der Waals surface area contributed by atoms with E-state index in [2.05, 4.69) is 189 Å². The molecule has 0 amide bonds. The third-order valence-electron chi connectivity index (χ3n) is 10.4. The van der Waals surface area contributed by atoms with Crippen LogP contribution in [-0.4, -0.2) is 5.11 Å². The molecule has 2 aliphatic rings. The highest BCUT2D eigenvalue weighted by molar-refractivity contribution is 6.02. The van der Waals surface area contributed by atoms with Crippen LogP contribution in [0.15, 0.2) is 206 Å². The van der Waals surface area contributed by atoms with Crippen LogP contribution in [0.3, 0.4) is 0 Å². The molecule has 0 unspecified atom stereocenters. The average Bonchev–Trinajstić information content (AvgIpc) is 3.25. The fraction of sp³-hybridized carbons (Fsp3) is 0.0204. The molecule has 0 spiro atoms. The molecule has 258 valence electrons. The van der Waals surface area contributed by atoms with Gasteiger partial charge in [0.2, 0.25) is 0 Å². The number of benzene rings is 8. The third kappa shape index (κ3) is 5.21. The lowest BCUT2D eigenvalue weighted by Crippen LogP contribution is -2.23. The van der Waals surface area contributed by atoms with Crippen LogP contribution in [0.2, 0.25) is 0 Å². The normalized spacial score (nSPS) is 12.9. The molecule has 8 aromatic rings. The van der Waals surface area contributed by atoms with Gasteiger partial charge < -0.3 is 24.7 Å². The number of aliphatic hydroxyl groups excluding tert-OH is 1. The van der Waals surface area contributed by atoms with Gasteiger partial charge in [-0.3, -0.25) is 0 Å². The van der Waals surface area contributed by atoms with Gasteiger partial charge in [0.1, 0.15) is 6.10 Å². The summed E-state index contributed by atoms with van der Waals surface area (Å²) in [6.07, 6.45) is -0.780. The Morgan fingerprint density at radius 1 is 0.241 bits per heavy atom. The van der Waals surface area contributed by atoms with Crippen molar-refractivity contribution >= 4 is 68.2 Å². The van der Waals surface area contributed by atoms with Gasteiger partial charge in [-0.05, 0) is 108 Å². The zero-order chi connectivity index (χ0) is 36.0. The first-order valence-corrected chi connectivity index (χ1v) is 18.3. The van der Waals surface area contributed by atoms with Crippen molar-refractivity contribution in [1.82, 2.24) is 0 Å². The smallest absolute Gasteiger partial charge is 0.104 e. The molecule has 2 aliphatic heterocycles. The van der Waals surface area contributed by atoms with E-state index in [4.69, 9.17) is 0 Å². The molecule has 1 N–H and O–H groups in total. The summed E-state index contributed by atoms with van der Waals surface area (Å²) in [6.45, 7) is 0. The molecule has 0 aromatic heterocycles. The molecule has 10 rings (SSSR count). The Morgan fingerprint density at radius 2 is 0.444 bits per heavy atom. The summed E-state index contributed by atoms with van der Waals surface area (Å²) in [4.78, 5) is 9.26. The number of hydrogen-bond donors (Lipinski definition) is 1. The predicted molar refractivity (Wildman–Crippen MR) is 223 cm³/mol. The number of rotatable bonds is 6. The topological polar surface area (TPSA) is 33.2 Å². The second-order valence-corrected chi connectivity index (χ2v) is 13.6. The number of anilines is 12. The van der Waals surface area contributed by atoms with Gasteiger partial charge in [0.25, 0.3) is 0 Å². The van der Waals surface area contributed by atoms with Crippen molar-refractivity contribution < 1.29 is 5.11 Å². The highest BCUT2D eigenvalue weighted by atomic mass is 16.3. The van der Waals surface area contributed by atoms with E-state index in [9.17, 15) is 5.11 Å². The van der Waals surface area contributed by atoms with Crippen molar-refractivity contribution in [1.29, 1.82) is 0 Å². The van der Waals surface area contributed by atoms with Crippen LogP contribution in [0.5, 0.6) is 0 Å². The molecule has 54 heavy (non-hydrogen) atoms. The monoisotopic (exact) mass is 696 g/mol. The van der Waals surface area contributed by atoms with Crippen LogP contribution in [0.1, 0.15) is 17.2 Å². The lowest BCUT2D eigenvalue weighted by molar-refractivity contribution is 0.220. The molecule has 0 saturated carbocycles. The molecule has 0 atom stereocenters. The van der Waals surface area contributed by atoms with Crippen LogP contribution in [0.25, 0.3) is 0 Å². The van der Waals surface area contributed by atoms with Gasteiger partial charge in [-0.15, -0.1) is 0 Å². The molecule has 0 radical (unpaired) electrons. The largest absolute Gasteiger partial charge is 0.384 e. The number of hydrogen-bond acceptors (Lipinski definition) is 5. The minimum Gasteiger partial charge on any atom is -0.384 e. The Balaban J connectivity index is 0.962. The highest BCUT2D eigenvalue weighted by Gasteiger charge is 2.31. The lowest BCUT2D eigenvalue weighted by atomic mass is 9.99. The van der Waals surface area contributed by atoms with Gasteiger partial charge in [0.05, 0.1) is 45.5 Å². The minimum absolute atomic E-state index is 0.780. The van der Waals surface area contributed by atoms with Crippen molar-refractivity contribution in [3.63, 3.8) is 0 Å². The Kier molecular flexibility index (Phi) is 7.71. The van der Waals surface area contributed by atoms with Gasteiger partial charge in [-0.25, -0.2) is 0 Å². The number of aliphatic hydroxyl groups is 1. The molecular formula is C49H36N4O. The van der Waals surface area contributed by atoms with Crippen molar-refractivity contribution in [2.24, 2.45) is 0 Å². The fourth-order valence-corrected chi connectivity index (χ4v) is 7.96. The first-order chi connectivity index (χ1) is 26.7. The molecule has 5 nitrogen and oxygen atoms in total. The zero-order valence-electron chi connectivity index (χ0n) is 29.4. The number of para-hydroxylation sites is 10. The minimum atomic E-state index is -0.780. The summed E-state index contributed by atoms with van der Waals surface area (Å²) in [6, 6.07) is 71.7. The van der Waals surface area contributed by atoms with E-state index in [0.717, 1.165) is 79.4 Å². The van der Waals surface area contributed by atoms with Crippen LogP contribution in [0.4, 0.5) is 68.2 Å². The quantitative estimate of drug-likeness (QED) is 0.187. The van der Waals surface area contributed by atoms with E-state index in [1.54, 1.807) is 0 Å². The van der Waals surface area contributed by atoms with E-state index in [0.29, 0.717) is 0 Å². The van der Waals surface area contributed by atoms with E-state index < -0.39 is 6.10 Å². The summed E-state index contributed by atoms with van der Waals surface area (Å²) >= 11 is 0. The van der Waals surface area contributed by atoms with Gasteiger partial charge >= 0.3 is 0 Å². The maximum absolute atomic E-state index is 11.7. The zero-order valence-corrected chi connectivity index (χ0v) is 29.4. The summed E-state index contributed by atoms with van der Waals surface area (Å²) < 4.78 is 0. The molecule has 8 aromatic carbocycles. The molecule has 2 heterocycles. The second-order valence-electron chi connectivity index (χ2n) is 13.6. The third-order valence-corrected chi connectivity index (χ3v) is 10.4. The lowest BCUT2D eigenvalue weighted by Gasteiger charge is -2.40. The van der Waals surface area contributed by atoms with Crippen LogP contribution < -0.4 is 19.6 Å². The molecule has 0 saturated heterocycles. The molecule has 0 bridgehead atoms.